The maximum Gasteiger partial charge on any atom is 0.354 e. The standard InChI is InChI=1S/C31H28Cl2N4O4/c32-23-15-34-16-24(33)28(23)29-21(30(41-36-29)18-2-3-18)7-1-17-9-11-37(12-10-17)19-4-8-25-22(13-19)27(40-20-5-6-20)14-26(35-25)31(38)39/h1,4,7-8,13-18,20H,2-3,5-6,9-12H2,(H,38,39)/b7-1+. The number of nitrogens with zero attached hydrogens (tertiary/aromatic N) is 4. The second kappa shape index (κ2) is 10.7. The Labute approximate surface area is 246 Å². The number of fused-ring (bicyclic) bond motifs is 1. The zero-order valence-electron chi connectivity index (χ0n) is 22.2. The lowest BCUT2D eigenvalue weighted by Crippen LogP contribution is -2.33. The summed E-state index contributed by atoms with van der Waals surface area (Å²) in [6.45, 7) is 1.79. The highest BCUT2D eigenvalue weighted by Gasteiger charge is 2.33. The number of rotatable bonds is 8. The van der Waals surface area contributed by atoms with Crippen LogP contribution >= 0.6 is 23.2 Å². The third-order valence-electron chi connectivity index (χ3n) is 8.03. The van der Waals surface area contributed by atoms with Gasteiger partial charge in [-0.25, -0.2) is 9.78 Å². The zero-order valence-corrected chi connectivity index (χ0v) is 23.7. The summed E-state index contributed by atoms with van der Waals surface area (Å²) in [5.41, 5.74) is 3.99. The highest BCUT2D eigenvalue weighted by atomic mass is 35.5. The maximum atomic E-state index is 11.6. The van der Waals surface area contributed by atoms with Crippen LogP contribution in [0.2, 0.25) is 10.0 Å². The molecular weight excluding hydrogens is 563 g/mol. The SMILES string of the molecule is O=C(O)c1cc(OC2CC2)c2cc(N3CCC(/C=C/c4c(-c5c(Cl)cncc5Cl)noc4C4CC4)CC3)ccc2n1. The van der Waals surface area contributed by atoms with Crippen LogP contribution in [-0.4, -0.2) is 45.4 Å². The summed E-state index contributed by atoms with van der Waals surface area (Å²) >= 11 is 12.9. The molecule has 210 valence electrons. The van der Waals surface area contributed by atoms with Crippen molar-refractivity contribution < 1.29 is 19.2 Å². The summed E-state index contributed by atoms with van der Waals surface area (Å²) in [7, 11) is 0. The molecule has 0 amide bonds. The summed E-state index contributed by atoms with van der Waals surface area (Å²) in [5, 5.41) is 15.6. The fourth-order valence-corrected chi connectivity index (χ4v) is 6.01. The molecule has 3 aromatic heterocycles. The molecule has 1 saturated heterocycles. The third kappa shape index (κ3) is 5.38. The van der Waals surface area contributed by atoms with Gasteiger partial charge in [-0.2, -0.15) is 0 Å². The lowest BCUT2D eigenvalue weighted by atomic mass is 9.94. The highest BCUT2D eigenvalue weighted by molar-refractivity contribution is 6.39. The van der Waals surface area contributed by atoms with Crippen molar-refractivity contribution in [3.05, 3.63) is 69.8 Å². The lowest BCUT2D eigenvalue weighted by molar-refractivity contribution is 0.0690. The van der Waals surface area contributed by atoms with Crippen LogP contribution in [0.3, 0.4) is 0 Å². The van der Waals surface area contributed by atoms with Crippen LogP contribution in [0.4, 0.5) is 5.69 Å². The number of piperidine rings is 1. The number of aromatic nitrogens is 3. The van der Waals surface area contributed by atoms with Gasteiger partial charge in [-0.3, -0.25) is 4.98 Å². The van der Waals surface area contributed by atoms with Crippen LogP contribution in [0.25, 0.3) is 28.2 Å². The van der Waals surface area contributed by atoms with Crippen LogP contribution in [0.15, 0.2) is 47.3 Å². The van der Waals surface area contributed by atoms with Gasteiger partial charge in [-0.05, 0) is 62.6 Å². The number of hydrogen-bond donors (Lipinski definition) is 1. The Bertz CT molecular complexity index is 1650. The number of halogens is 2. The molecule has 0 spiro atoms. The Hall–Kier alpha value is -3.62. The normalized spacial score (nSPS) is 18.0. The molecule has 10 heteroatoms. The van der Waals surface area contributed by atoms with Crippen LogP contribution < -0.4 is 9.64 Å². The van der Waals surface area contributed by atoms with Gasteiger partial charge < -0.3 is 19.3 Å². The Balaban J connectivity index is 1.10. The molecule has 4 heterocycles. The van der Waals surface area contributed by atoms with E-state index in [4.69, 9.17) is 32.5 Å². The number of hydrogen-bond acceptors (Lipinski definition) is 7. The van der Waals surface area contributed by atoms with Crippen LogP contribution in [0.5, 0.6) is 5.75 Å². The Morgan fingerprint density at radius 2 is 1.80 bits per heavy atom. The average molecular weight is 591 g/mol. The molecule has 0 atom stereocenters. The number of carboxylic acids is 1. The molecule has 1 aliphatic heterocycles. The van der Waals surface area contributed by atoms with Crippen LogP contribution in [-0.2, 0) is 0 Å². The fourth-order valence-electron chi connectivity index (χ4n) is 5.46. The minimum Gasteiger partial charge on any atom is -0.490 e. The predicted molar refractivity (Wildman–Crippen MR) is 158 cm³/mol. The molecule has 2 saturated carbocycles. The molecular formula is C31H28Cl2N4O4. The van der Waals surface area contributed by atoms with Crippen LogP contribution in [0, 0.1) is 5.92 Å². The summed E-state index contributed by atoms with van der Waals surface area (Å²) in [6, 6.07) is 7.54. The molecule has 2 aliphatic carbocycles. The molecule has 3 fully saturated rings. The van der Waals surface area contributed by atoms with E-state index in [1.165, 1.54) is 0 Å². The fraction of sp³-hybridized carbons (Fsp3) is 0.355. The van der Waals surface area contributed by atoms with E-state index in [1.54, 1.807) is 18.5 Å². The summed E-state index contributed by atoms with van der Waals surface area (Å²) in [6.07, 6.45) is 13.9. The minimum absolute atomic E-state index is 0.00259. The predicted octanol–water partition coefficient (Wildman–Crippen LogP) is 7.64. The number of anilines is 1. The van der Waals surface area contributed by atoms with Gasteiger partial charge in [0.05, 0.1) is 21.7 Å². The molecule has 41 heavy (non-hydrogen) atoms. The van der Waals surface area contributed by atoms with Crippen molar-refractivity contribution in [2.75, 3.05) is 18.0 Å². The van der Waals surface area contributed by atoms with Crippen molar-refractivity contribution in [1.82, 2.24) is 15.1 Å². The van der Waals surface area contributed by atoms with E-state index in [2.05, 4.69) is 38.2 Å². The van der Waals surface area contributed by atoms with Crippen LogP contribution in [0.1, 0.15) is 66.3 Å². The van der Waals surface area contributed by atoms with Gasteiger partial charge in [0.1, 0.15) is 17.2 Å². The molecule has 0 unspecified atom stereocenters. The first-order valence-corrected chi connectivity index (χ1v) is 14.8. The van der Waals surface area contributed by atoms with Crippen molar-refractivity contribution in [3.63, 3.8) is 0 Å². The first-order chi connectivity index (χ1) is 19.9. The average Bonchev–Trinajstić information content (AvgIpc) is 3.91. The van der Waals surface area contributed by atoms with Crippen molar-refractivity contribution >= 4 is 51.8 Å². The highest BCUT2D eigenvalue weighted by Crippen LogP contribution is 2.46. The molecule has 4 aromatic rings. The van der Waals surface area contributed by atoms with E-state index < -0.39 is 5.97 Å². The molecule has 8 nitrogen and oxygen atoms in total. The van der Waals surface area contributed by atoms with E-state index >= 15 is 0 Å². The first-order valence-electron chi connectivity index (χ1n) is 14.0. The first kappa shape index (κ1) is 26.3. The topological polar surface area (TPSA) is 102 Å². The minimum atomic E-state index is -1.05. The van der Waals surface area contributed by atoms with Gasteiger partial charge >= 0.3 is 5.97 Å². The van der Waals surface area contributed by atoms with Gasteiger partial charge in [0, 0.05) is 59.7 Å². The molecule has 0 bridgehead atoms. The van der Waals surface area contributed by atoms with Crippen molar-refractivity contribution in [2.24, 2.45) is 5.92 Å². The Morgan fingerprint density at radius 3 is 2.49 bits per heavy atom. The number of carboxylic acid groups (broad SMARTS) is 1. The molecule has 7 rings (SSSR count). The smallest absolute Gasteiger partial charge is 0.354 e. The quantitative estimate of drug-likeness (QED) is 0.223. The second-order valence-electron chi connectivity index (χ2n) is 11.1. The van der Waals surface area contributed by atoms with Gasteiger partial charge in [0.15, 0.2) is 5.69 Å². The number of benzene rings is 1. The summed E-state index contributed by atoms with van der Waals surface area (Å²) in [4.78, 5) is 22.4. The van der Waals surface area contributed by atoms with Crippen molar-refractivity contribution in [2.45, 2.75) is 50.5 Å². The second-order valence-corrected chi connectivity index (χ2v) is 11.9. The van der Waals surface area contributed by atoms with Crippen molar-refractivity contribution in [3.8, 4) is 17.0 Å². The molecule has 3 aliphatic rings. The molecule has 1 N–H and O–H groups in total. The number of carbonyl (C=O) groups is 1. The molecule has 0 radical (unpaired) electrons. The Kier molecular flexibility index (Phi) is 6.83. The maximum absolute atomic E-state index is 11.6. The summed E-state index contributed by atoms with van der Waals surface area (Å²) < 4.78 is 11.9. The number of pyridine rings is 2. The Morgan fingerprint density at radius 1 is 1.05 bits per heavy atom. The van der Waals surface area contributed by atoms with Gasteiger partial charge in [0.2, 0.25) is 0 Å². The molecule has 1 aromatic carbocycles. The van der Waals surface area contributed by atoms with Gasteiger partial charge in [0.25, 0.3) is 0 Å². The monoisotopic (exact) mass is 590 g/mol. The van der Waals surface area contributed by atoms with E-state index in [0.717, 1.165) is 74.0 Å². The van der Waals surface area contributed by atoms with E-state index in [0.29, 0.717) is 44.4 Å². The number of aromatic carboxylic acids is 1. The largest absolute Gasteiger partial charge is 0.490 e. The third-order valence-corrected chi connectivity index (χ3v) is 8.60. The van der Waals surface area contributed by atoms with Gasteiger partial charge in [-0.15, -0.1) is 0 Å². The van der Waals surface area contributed by atoms with Crippen molar-refractivity contribution in [1.29, 1.82) is 0 Å². The van der Waals surface area contributed by atoms with Gasteiger partial charge in [-0.1, -0.05) is 40.5 Å². The zero-order chi connectivity index (χ0) is 28.1. The number of ether oxygens (including phenoxy) is 1. The lowest BCUT2D eigenvalue weighted by Gasteiger charge is -2.32. The summed E-state index contributed by atoms with van der Waals surface area (Å²) in [5.74, 6) is 1.23. The number of allylic oxidation sites excluding steroid dienone is 1. The van der Waals surface area contributed by atoms with E-state index in [9.17, 15) is 9.90 Å². The van der Waals surface area contributed by atoms with E-state index in [1.807, 2.05) is 12.1 Å². The van der Waals surface area contributed by atoms with E-state index in [-0.39, 0.29) is 11.8 Å².